The van der Waals surface area contributed by atoms with Gasteiger partial charge in [-0.25, -0.2) is 0 Å². The van der Waals surface area contributed by atoms with Crippen LogP contribution in [0.1, 0.15) is 91.5 Å². The maximum absolute atomic E-state index is 12.5. The highest BCUT2D eigenvalue weighted by Crippen LogP contribution is 2.32. The highest BCUT2D eigenvalue weighted by Gasteiger charge is 2.30. The predicted molar refractivity (Wildman–Crippen MR) is 171 cm³/mol. The number of hydrogen-bond acceptors (Lipinski definition) is 5. The number of allylic oxidation sites excluding steroid dienone is 2. The Morgan fingerprint density at radius 2 is 1.48 bits per heavy atom. The largest absolute Gasteiger partial charge is 0.481 e. The first kappa shape index (κ1) is 32.9. The number of H-pyrrole nitrogens is 2. The van der Waals surface area contributed by atoms with Gasteiger partial charge in [0.1, 0.15) is 0 Å². The number of aromatic nitrogens is 2. The third-order valence-corrected chi connectivity index (χ3v) is 9.17. The lowest BCUT2D eigenvalue weighted by Gasteiger charge is -2.08. The van der Waals surface area contributed by atoms with Crippen molar-refractivity contribution in [3.63, 3.8) is 0 Å². The molecule has 0 spiro atoms. The first-order valence-electron chi connectivity index (χ1n) is 15.1. The lowest BCUT2D eigenvalue weighted by Crippen LogP contribution is -2.20. The van der Waals surface area contributed by atoms with E-state index in [1.54, 1.807) is 0 Å². The molecule has 4 heterocycles. The monoisotopic (exact) mass is 622 g/mol. The summed E-state index contributed by atoms with van der Waals surface area (Å²) in [4.78, 5) is 55.1. The molecule has 2 amide bonds. The highest BCUT2D eigenvalue weighted by atomic mass is 32.1. The Morgan fingerprint density at radius 3 is 2.05 bits per heavy atom. The minimum atomic E-state index is -0.899. The van der Waals surface area contributed by atoms with Crippen LogP contribution >= 0.6 is 12.6 Å². The van der Waals surface area contributed by atoms with Crippen molar-refractivity contribution in [1.29, 1.82) is 0 Å². The molecule has 0 aromatic carbocycles. The number of nitrogens with one attached hydrogen (secondary N) is 4. The van der Waals surface area contributed by atoms with Crippen LogP contribution in [0.3, 0.4) is 0 Å². The summed E-state index contributed by atoms with van der Waals surface area (Å²) in [6.07, 6.45) is 4.66. The van der Waals surface area contributed by atoms with Crippen molar-refractivity contribution in [1.82, 2.24) is 20.6 Å². The van der Waals surface area contributed by atoms with Gasteiger partial charge in [0, 0.05) is 65.4 Å². The van der Waals surface area contributed by atoms with Crippen molar-refractivity contribution < 1.29 is 29.4 Å². The van der Waals surface area contributed by atoms with Crippen molar-refractivity contribution in [2.24, 2.45) is 5.92 Å². The number of thiol groups is 1. The normalized spacial score (nSPS) is 17.7. The number of carbonyl (C=O) groups excluding carboxylic acids is 2. The highest BCUT2D eigenvalue weighted by molar-refractivity contribution is 7.80. The number of carbonyl (C=O) groups is 4. The Morgan fingerprint density at radius 1 is 0.864 bits per heavy atom. The summed E-state index contributed by atoms with van der Waals surface area (Å²) in [6.45, 7) is 9.65. The number of aromatic amines is 2. The summed E-state index contributed by atoms with van der Waals surface area (Å²) >= 11 is 4.38. The van der Waals surface area contributed by atoms with Gasteiger partial charge >= 0.3 is 11.9 Å². The Balaban J connectivity index is 1.76. The van der Waals surface area contributed by atoms with Crippen LogP contribution < -0.4 is 10.6 Å². The molecular weight excluding hydrogens is 580 g/mol. The van der Waals surface area contributed by atoms with Gasteiger partial charge in [0.15, 0.2) is 0 Å². The predicted octanol–water partition coefficient (Wildman–Crippen LogP) is 4.66. The second-order valence-electron chi connectivity index (χ2n) is 11.6. The van der Waals surface area contributed by atoms with E-state index in [1.165, 1.54) is 0 Å². The van der Waals surface area contributed by atoms with Crippen LogP contribution in [0.4, 0.5) is 0 Å². The Bertz CT molecular complexity index is 1610. The van der Waals surface area contributed by atoms with Gasteiger partial charge in [0.25, 0.3) is 5.91 Å². The number of amides is 2. The fourth-order valence-corrected chi connectivity index (χ4v) is 6.58. The fraction of sp³-hybridized carbons (Fsp3) is 0.455. The summed E-state index contributed by atoms with van der Waals surface area (Å²) < 4.78 is 0. The second-order valence-corrected chi connectivity index (χ2v) is 12.1. The van der Waals surface area contributed by atoms with Gasteiger partial charge in [-0.2, -0.15) is 12.6 Å². The molecule has 0 radical (unpaired) electrons. The molecule has 44 heavy (non-hydrogen) atoms. The molecule has 0 saturated heterocycles. The molecule has 236 valence electrons. The minimum Gasteiger partial charge on any atom is -0.481 e. The molecule has 1 atom stereocenters. The summed E-state index contributed by atoms with van der Waals surface area (Å²) in [6, 6.07) is 0. The maximum atomic E-state index is 12.5. The van der Waals surface area contributed by atoms with Gasteiger partial charge in [0.05, 0.1) is 5.92 Å². The first-order valence-corrected chi connectivity index (χ1v) is 15.7. The molecule has 0 saturated carbocycles. The van der Waals surface area contributed by atoms with Crippen molar-refractivity contribution in [2.75, 3.05) is 5.75 Å². The van der Waals surface area contributed by atoms with E-state index in [2.05, 4.69) is 33.2 Å². The van der Waals surface area contributed by atoms with Crippen molar-refractivity contribution >= 4 is 42.5 Å². The zero-order valence-electron chi connectivity index (χ0n) is 26.0. The summed E-state index contributed by atoms with van der Waals surface area (Å²) in [7, 11) is 0. The average molecular weight is 623 g/mol. The molecular formula is C33H42N4O6S. The fourth-order valence-electron chi connectivity index (χ4n) is 6.34. The van der Waals surface area contributed by atoms with E-state index in [1.807, 2.05) is 40.7 Å². The number of carboxylic acids is 2. The van der Waals surface area contributed by atoms with Gasteiger partial charge < -0.3 is 30.8 Å². The number of hydrogen-bond donors (Lipinski definition) is 7. The Kier molecular flexibility index (Phi) is 10.3. The van der Waals surface area contributed by atoms with E-state index in [-0.39, 0.29) is 30.6 Å². The molecule has 0 fully saturated rings. The summed E-state index contributed by atoms with van der Waals surface area (Å²) in [5.41, 5.74) is 11.3. The van der Waals surface area contributed by atoms with Crippen molar-refractivity contribution in [3.05, 3.63) is 73.1 Å². The molecule has 2 aromatic rings. The SMILES string of the molecule is CCC1=C(C)/C(=C\c2[nH]c(Cc3[nH]c(CC4=C(CCS)[C@H](C)C(=O)N4)c(C)c3CCC(=O)O)c(CCC(=O)O)c2C)NC1=O. The molecule has 0 aliphatic carbocycles. The van der Waals surface area contributed by atoms with E-state index in [0.717, 1.165) is 67.4 Å². The molecule has 0 bridgehead atoms. The number of carboxylic acid groups (broad SMARTS) is 2. The van der Waals surface area contributed by atoms with Crippen LogP contribution in [0.2, 0.25) is 0 Å². The third-order valence-electron chi connectivity index (χ3n) is 8.94. The molecule has 11 heteroatoms. The lowest BCUT2D eigenvalue weighted by molar-refractivity contribution is -0.138. The molecule has 2 aromatic heterocycles. The van der Waals surface area contributed by atoms with E-state index in [4.69, 9.17) is 0 Å². The molecule has 4 rings (SSSR count). The lowest BCUT2D eigenvalue weighted by atomic mass is 9.96. The van der Waals surface area contributed by atoms with Crippen LogP contribution in [0.25, 0.3) is 6.08 Å². The number of aliphatic carboxylic acids is 2. The zero-order valence-corrected chi connectivity index (χ0v) is 26.9. The van der Waals surface area contributed by atoms with Gasteiger partial charge in [-0.3, -0.25) is 19.2 Å². The minimum absolute atomic E-state index is 0.0338. The number of rotatable bonds is 14. The summed E-state index contributed by atoms with van der Waals surface area (Å²) in [5.74, 6) is -1.53. The molecule has 10 nitrogen and oxygen atoms in total. The van der Waals surface area contributed by atoms with Crippen LogP contribution in [-0.2, 0) is 44.9 Å². The van der Waals surface area contributed by atoms with E-state index < -0.39 is 11.9 Å². The van der Waals surface area contributed by atoms with Crippen LogP contribution in [-0.4, -0.2) is 49.7 Å². The van der Waals surface area contributed by atoms with E-state index in [0.29, 0.717) is 50.0 Å². The molecule has 6 N–H and O–H groups in total. The van der Waals surface area contributed by atoms with E-state index >= 15 is 0 Å². The van der Waals surface area contributed by atoms with Gasteiger partial charge in [-0.15, -0.1) is 0 Å². The zero-order chi connectivity index (χ0) is 32.3. The average Bonchev–Trinajstić information content (AvgIpc) is 3.60. The van der Waals surface area contributed by atoms with Crippen molar-refractivity contribution in [3.8, 4) is 0 Å². The maximum Gasteiger partial charge on any atom is 0.303 e. The van der Waals surface area contributed by atoms with Gasteiger partial charge in [0.2, 0.25) is 5.91 Å². The van der Waals surface area contributed by atoms with Crippen LogP contribution in [0.15, 0.2) is 28.1 Å². The molecule has 2 aliphatic rings. The van der Waals surface area contributed by atoms with E-state index in [9.17, 15) is 29.4 Å². The second kappa shape index (κ2) is 13.8. The smallest absolute Gasteiger partial charge is 0.303 e. The van der Waals surface area contributed by atoms with Gasteiger partial charge in [-0.05, 0) is 98.6 Å². The van der Waals surface area contributed by atoms with Gasteiger partial charge in [-0.1, -0.05) is 6.92 Å². The third kappa shape index (κ3) is 6.88. The standard InChI is InChI=1S/C33H42N4O6S/c1-6-20-16(2)26(36-33(20)43)13-24-17(3)21(7-9-30(38)39)27(34-24)15-28-22(8-10-31(40)41)18(4)25(35-28)14-29-23(11-12-44)19(5)32(42)37-29/h13,19,34-35,44H,6-12,14-15H2,1-5H3,(H,36,43)(H,37,42)(H,38,39)(H,40,41)/b26-13+/t19-/m0/s1. The molecule has 2 aliphatic heterocycles. The van der Waals surface area contributed by atoms with Crippen LogP contribution in [0, 0.1) is 19.8 Å². The quantitative estimate of drug-likeness (QED) is 0.151. The first-order chi connectivity index (χ1) is 20.9. The Labute approximate surface area is 262 Å². The van der Waals surface area contributed by atoms with Crippen molar-refractivity contribution in [2.45, 2.75) is 86.0 Å². The topological polar surface area (TPSA) is 164 Å². The summed E-state index contributed by atoms with van der Waals surface area (Å²) in [5, 5.41) is 24.9. The molecule has 0 unspecified atom stereocenters. The van der Waals surface area contributed by atoms with Crippen LogP contribution in [0.5, 0.6) is 0 Å². The Hall–Kier alpha value is -3.99.